The molecule has 0 aliphatic carbocycles. The van der Waals surface area contributed by atoms with Crippen LogP contribution in [0.3, 0.4) is 0 Å². The average Bonchev–Trinajstić information content (AvgIpc) is 2.33. The number of aryl methyl sites for hydroxylation is 1. The van der Waals surface area contributed by atoms with E-state index in [0.717, 1.165) is 24.2 Å². The van der Waals surface area contributed by atoms with Crippen molar-refractivity contribution >= 4 is 10.0 Å². The first-order chi connectivity index (χ1) is 8.59. The van der Waals surface area contributed by atoms with E-state index < -0.39 is 10.0 Å². The summed E-state index contributed by atoms with van der Waals surface area (Å²) in [5, 5.41) is 0. The fourth-order valence-electron chi connectivity index (χ4n) is 2.07. The highest BCUT2D eigenvalue weighted by atomic mass is 32.2. The lowest BCUT2D eigenvalue weighted by molar-refractivity contribution is 0.265. The van der Waals surface area contributed by atoms with Gasteiger partial charge in [0.05, 0.1) is 5.75 Å². The highest BCUT2D eigenvalue weighted by molar-refractivity contribution is 7.89. The van der Waals surface area contributed by atoms with Crippen LogP contribution in [0.5, 0.6) is 5.75 Å². The lowest BCUT2D eigenvalue weighted by Crippen LogP contribution is -2.40. The fraction of sp³-hybridized carbons (Fsp3) is 0.538. The maximum atomic E-state index is 11.8. The standard InChI is InChI=1S/C13H19NO3S/c1-12-6-2-3-7-13(12)17-10-9-14-8-4-5-11-18(14,15)16/h2-3,6-7H,4-5,8-11H2,1H3. The Labute approximate surface area is 109 Å². The molecule has 1 saturated heterocycles. The molecular weight excluding hydrogens is 250 g/mol. The van der Waals surface area contributed by atoms with E-state index in [1.807, 2.05) is 31.2 Å². The smallest absolute Gasteiger partial charge is 0.214 e. The molecule has 0 N–H and O–H groups in total. The molecule has 5 heteroatoms. The van der Waals surface area contributed by atoms with E-state index in [4.69, 9.17) is 4.74 Å². The van der Waals surface area contributed by atoms with Crippen LogP contribution in [0.25, 0.3) is 0 Å². The molecule has 1 aromatic rings. The van der Waals surface area contributed by atoms with Gasteiger partial charge in [0.2, 0.25) is 10.0 Å². The van der Waals surface area contributed by atoms with Gasteiger partial charge in [0.15, 0.2) is 0 Å². The monoisotopic (exact) mass is 269 g/mol. The predicted molar refractivity (Wildman–Crippen MR) is 71.3 cm³/mol. The minimum atomic E-state index is -3.03. The van der Waals surface area contributed by atoms with Crippen molar-refractivity contribution in [2.45, 2.75) is 19.8 Å². The first kappa shape index (κ1) is 13.4. The van der Waals surface area contributed by atoms with Gasteiger partial charge in [0.1, 0.15) is 12.4 Å². The van der Waals surface area contributed by atoms with Gasteiger partial charge < -0.3 is 4.74 Å². The average molecular weight is 269 g/mol. The molecule has 1 fully saturated rings. The molecule has 18 heavy (non-hydrogen) atoms. The summed E-state index contributed by atoms with van der Waals surface area (Å²) in [6.07, 6.45) is 1.72. The van der Waals surface area contributed by atoms with Gasteiger partial charge in [-0.3, -0.25) is 0 Å². The van der Waals surface area contributed by atoms with Gasteiger partial charge >= 0.3 is 0 Å². The van der Waals surface area contributed by atoms with E-state index in [-0.39, 0.29) is 5.75 Å². The first-order valence-electron chi connectivity index (χ1n) is 6.26. The highest BCUT2D eigenvalue weighted by Crippen LogP contribution is 2.17. The van der Waals surface area contributed by atoms with Gasteiger partial charge in [-0.1, -0.05) is 18.2 Å². The largest absolute Gasteiger partial charge is 0.492 e. The normalized spacial score (nSPS) is 19.6. The number of sulfonamides is 1. The Kier molecular flexibility index (Phi) is 4.24. The SMILES string of the molecule is Cc1ccccc1OCCN1CCCCS1(=O)=O. The summed E-state index contributed by atoms with van der Waals surface area (Å²) in [4.78, 5) is 0. The van der Waals surface area contributed by atoms with E-state index in [9.17, 15) is 8.42 Å². The molecule has 0 aromatic heterocycles. The number of hydrogen-bond acceptors (Lipinski definition) is 3. The maximum Gasteiger partial charge on any atom is 0.214 e. The minimum absolute atomic E-state index is 0.275. The van der Waals surface area contributed by atoms with Crippen LogP contribution in [0.1, 0.15) is 18.4 Å². The molecule has 1 heterocycles. The molecule has 0 radical (unpaired) electrons. The molecule has 2 rings (SSSR count). The molecule has 0 bridgehead atoms. The van der Waals surface area contributed by atoms with Gasteiger partial charge in [0, 0.05) is 13.1 Å². The van der Waals surface area contributed by atoms with Gasteiger partial charge in [-0.05, 0) is 31.4 Å². The van der Waals surface area contributed by atoms with Crippen LogP contribution in [0, 0.1) is 6.92 Å². The molecule has 1 aromatic carbocycles. The number of para-hydroxylation sites is 1. The summed E-state index contributed by atoms with van der Waals surface area (Å²) in [6, 6.07) is 7.75. The Balaban J connectivity index is 1.87. The zero-order valence-electron chi connectivity index (χ0n) is 10.6. The zero-order chi connectivity index (χ0) is 13.0. The summed E-state index contributed by atoms with van der Waals surface area (Å²) < 4.78 is 30.7. The molecule has 0 atom stereocenters. The lowest BCUT2D eigenvalue weighted by atomic mass is 10.2. The Bertz CT molecular complexity index is 499. The Morgan fingerprint density at radius 1 is 1.28 bits per heavy atom. The number of ether oxygens (including phenoxy) is 1. The van der Waals surface area contributed by atoms with E-state index in [2.05, 4.69) is 0 Å². The molecule has 4 nitrogen and oxygen atoms in total. The molecule has 1 aliphatic heterocycles. The summed E-state index contributed by atoms with van der Waals surface area (Å²) in [5.41, 5.74) is 1.07. The van der Waals surface area contributed by atoms with Crippen LogP contribution in [0.15, 0.2) is 24.3 Å². The quantitative estimate of drug-likeness (QED) is 0.837. The van der Waals surface area contributed by atoms with Crippen molar-refractivity contribution in [2.75, 3.05) is 25.4 Å². The van der Waals surface area contributed by atoms with E-state index in [0.29, 0.717) is 19.7 Å². The Morgan fingerprint density at radius 3 is 2.78 bits per heavy atom. The molecule has 0 unspecified atom stereocenters. The third-order valence-electron chi connectivity index (χ3n) is 3.15. The molecule has 0 spiro atoms. The van der Waals surface area contributed by atoms with E-state index in [1.54, 1.807) is 0 Å². The van der Waals surface area contributed by atoms with Crippen LogP contribution in [-0.4, -0.2) is 38.2 Å². The second kappa shape index (κ2) is 5.71. The van der Waals surface area contributed by atoms with Crippen LogP contribution >= 0.6 is 0 Å². The van der Waals surface area contributed by atoms with Crippen molar-refractivity contribution in [1.29, 1.82) is 0 Å². The van der Waals surface area contributed by atoms with Crippen molar-refractivity contribution in [3.8, 4) is 5.75 Å². The number of rotatable bonds is 4. The summed E-state index contributed by atoms with van der Waals surface area (Å²) in [7, 11) is -3.03. The third-order valence-corrected chi connectivity index (χ3v) is 5.10. The minimum Gasteiger partial charge on any atom is -0.492 e. The van der Waals surface area contributed by atoms with Gasteiger partial charge in [0.25, 0.3) is 0 Å². The third kappa shape index (κ3) is 3.23. The Hall–Kier alpha value is -1.07. The van der Waals surface area contributed by atoms with Crippen molar-refractivity contribution in [2.24, 2.45) is 0 Å². The van der Waals surface area contributed by atoms with E-state index in [1.165, 1.54) is 4.31 Å². The molecule has 0 saturated carbocycles. The van der Waals surface area contributed by atoms with Crippen LogP contribution in [0.4, 0.5) is 0 Å². The lowest BCUT2D eigenvalue weighted by Gasteiger charge is -2.26. The topological polar surface area (TPSA) is 46.6 Å². The van der Waals surface area contributed by atoms with Crippen molar-refractivity contribution in [1.82, 2.24) is 4.31 Å². The number of nitrogens with zero attached hydrogens (tertiary/aromatic N) is 1. The molecule has 1 aliphatic rings. The fourth-order valence-corrected chi connectivity index (χ4v) is 3.65. The van der Waals surface area contributed by atoms with Crippen LogP contribution in [-0.2, 0) is 10.0 Å². The maximum absolute atomic E-state index is 11.8. The number of benzene rings is 1. The second-order valence-electron chi connectivity index (χ2n) is 4.54. The van der Waals surface area contributed by atoms with Crippen molar-refractivity contribution in [3.63, 3.8) is 0 Å². The van der Waals surface area contributed by atoms with Gasteiger partial charge in [-0.25, -0.2) is 8.42 Å². The summed E-state index contributed by atoms with van der Waals surface area (Å²) in [6.45, 7) is 3.45. The highest BCUT2D eigenvalue weighted by Gasteiger charge is 2.25. The second-order valence-corrected chi connectivity index (χ2v) is 6.62. The van der Waals surface area contributed by atoms with E-state index >= 15 is 0 Å². The number of hydrogen-bond donors (Lipinski definition) is 0. The van der Waals surface area contributed by atoms with Crippen LogP contribution in [0.2, 0.25) is 0 Å². The predicted octanol–water partition coefficient (Wildman–Crippen LogP) is 1.80. The Morgan fingerprint density at radius 2 is 2.06 bits per heavy atom. The van der Waals surface area contributed by atoms with Gasteiger partial charge in [-0.15, -0.1) is 0 Å². The summed E-state index contributed by atoms with van der Waals surface area (Å²) >= 11 is 0. The van der Waals surface area contributed by atoms with Crippen LogP contribution < -0.4 is 4.74 Å². The molecular formula is C13H19NO3S. The van der Waals surface area contributed by atoms with Crippen molar-refractivity contribution in [3.05, 3.63) is 29.8 Å². The van der Waals surface area contributed by atoms with Crippen molar-refractivity contribution < 1.29 is 13.2 Å². The molecule has 0 amide bonds. The summed E-state index contributed by atoms with van der Waals surface area (Å²) in [5.74, 6) is 1.10. The molecule has 100 valence electrons. The zero-order valence-corrected chi connectivity index (χ0v) is 11.4. The van der Waals surface area contributed by atoms with Gasteiger partial charge in [-0.2, -0.15) is 4.31 Å². The first-order valence-corrected chi connectivity index (χ1v) is 7.87.